The first-order chi connectivity index (χ1) is 12.5. The number of halogens is 2. The van der Waals surface area contributed by atoms with Crippen LogP contribution in [0.5, 0.6) is 11.5 Å². The molecule has 6 nitrogen and oxygen atoms in total. The van der Waals surface area contributed by atoms with Gasteiger partial charge >= 0.3 is 5.97 Å². The zero-order valence-corrected chi connectivity index (χ0v) is 14.0. The normalized spacial score (nSPS) is 10.1. The van der Waals surface area contributed by atoms with Crippen LogP contribution in [0.25, 0.3) is 0 Å². The van der Waals surface area contributed by atoms with Crippen molar-refractivity contribution in [3.05, 3.63) is 54.1 Å². The van der Waals surface area contributed by atoms with Crippen molar-refractivity contribution in [2.45, 2.75) is 6.42 Å². The number of esters is 1. The van der Waals surface area contributed by atoms with Gasteiger partial charge in [0.25, 0.3) is 5.91 Å². The summed E-state index contributed by atoms with van der Waals surface area (Å²) in [5.41, 5.74) is 0.0597. The zero-order valence-electron chi connectivity index (χ0n) is 14.0. The number of methoxy groups -OCH3 is 1. The van der Waals surface area contributed by atoms with Gasteiger partial charge in [0.15, 0.2) is 29.7 Å². The van der Waals surface area contributed by atoms with Crippen molar-refractivity contribution in [2.24, 2.45) is 0 Å². The molecule has 1 N–H and O–H groups in total. The number of benzene rings is 2. The molecular weight excluding hydrogens is 348 g/mol. The Balaban J connectivity index is 1.71. The smallest absolute Gasteiger partial charge is 0.309 e. The third-order valence-corrected chi connectivity index (χ3v) is 3.20. The number of ether oxygens (including phenoxy) is 3. The number of hydrogen-bond donors (Lipinski definition) is 1. The number of para-hydroxylation sites is 2. The van der Waals surface area contributed by atoms with Crippen molar-refractivity contribution >= 4 is 17.6 Å². The van der Waals surface area contributed by atoms with Gasteiger partial charge in [-0.15, -0.1) is 0 Å². The Hall–Kier alpha value is -3.16. The van der Waals surface area contributed by atoms with Crippen molar-refractivity contribution in [3.63, 3.8) is 0 Å². The summed E-state index contributed by atoms with van der Waals surface area (Å²) in [4.78, 5) is 23.3. The van der Waals surface area contributed by atoms with Gasteiger partial charge in [0.2, 0.25) is 0 Å². The minimum Gasteiger partial charge on any atom is -0.493 e. The molecule has 0 aliphatic carbocycles. The molecule has 0 saturated heterocycles. The molecule has 1 amide bonds. The molecule has 0 aromatic heterocycles. The third-order valence-electron chi connectivity index (χ3n) is 3.20. The highest BCUT2D eigenvalue weighted by molar-refractivity contribution is 5.92. The van der Waals surface area contributed by atoms with Crippen LogP contribution in [0.15, 0.2) is 42.5 Å². The summed E-state index contributed by atoms with van der Waals surface area (Å²) in [5.74, 6) is -2.40. The van der Waals surface area contributed by atoms with E-state index in [-0.39, 0.29) is 18.7 Å². The minimum atomic E-state index is -1.09. The number of anilines is 1. The lowest BCUT2D eigenvalue weighted by atomic mass is 10.3. The molecule has 0 aliphatic heterocycles. The Morgan fingerprint density at radius 1 is 1.04 bits per heavy atom. The molecule has 2 aromatic rings. The van der Waals surface area contributed by atoms with E-state index in [0.717, 1.165) is 12.1 Å². The summed E-state index contributed by atoms with van der Waals surface area (Å²) in [7, 11) is 1.50. The molecule has 138 valence electrons. The Kier molecular flexibility index (Phi) is 6.90. The summed E-state index contributed by atoms with van der Waals surface area (Å²) in [5, 5.41) is 2.29. The molecule has 0 bridgehead atoms. The molecule has 26 heavy (non-hydrogen) atoms. The molecule has 8 heteroatoms. The number of carbonyl (C=O) groups is 2. The van der Waals surface area contributed by atoms with E-state index in [1.165, 1.54) is 13.2 Å². The zero-order chi connectivity index (χ0) is 18.9. The molecule has 0 saturated carbocycles. The van der Waals surface area contributed by atoms with Crippen LogP contribution in [0.2, 0.25) is 0 Å². The first kappa shape index (κ1) is 19.2. The first-order valence-electron chi connectivity index (χ1n) is 7.66. The Morgan fingerprint density at radius 2 is 1.77 bits per heavy atom. The van der Waals surface area contributed by atoms with Crippen LogP contribution >= 0.6 is 0 Å². The van der Waals surface area contributed by atoms with Gasteiger partial charge in [0.05, 0.1) is 20.1 Å². The van der Waals surface area contributed by atoms with Gasteiger partial charge in [0, 0.05) is 11.8 Å². The van der Waals surface area contributed by atoms with Gasteiger partial charge in [0.1, 0.15) is 0 Å². The summed E-state index contributed by atoms with van der Waals surface area (Å²) in [6.07, 6.45) is -0.0729. The topological polar surface area (TPSA) is 73.9 Å². The monoisotopic (exact) mass is 365 g/mol. The van der Waals surface area contributed by atoms with Crippen LogP contribution in [0.4, 0.5) is 14.5 Å². The fourth-order valence-corrected chi connectivity index (χ4v) is 1.97. The van der Waals surface area contributed by atoms with E-state index in [4.69, 9.17) is 14.2 Å². The van der Waals surface area contributed by atoms with Crippen molar-refractivity contribution < 1.29 is 32.6 Å². The van der Waals surface area contributed by atoms with E-state index in [0.29, 0.717) is 11.5 Å². The van der Waals surface area contributed by atoms with Gasteiger partial charge in [-0.25, -0.2) is 8.78 Å². The van der Waals surface area contributed by atoms with E-state index in [1.54, 1.807) is 24.3 Å². The minimum absolute atomic E-state index is 0.0456. The average Bonchev–Trinajstić information content (AvgIpc) is 2.63. The molecule has 0 aliphatic rings. The molecule has 2 aromatic carbocycles. The highest BCUT2D eigenvalue weighted by Gasteiger charge is 2.10. The lowest BCUT2D eigenvalue weighted by Crippen LogP contribution is -2.21. The molecular formula is C18H17F2NO5. The maximum absolute atomic E-state index is 13.0. The fourth-order valence-electron chi connectivity index (χ4n) is 1.97. The molecule has 0 radical (unpaired) electrons. The molecule has 0 fully saturated rings. The van der Waals surface area contributed by atoms with E-state index in [2.05, 4.69) is 5.32 Å². The van der Waals surface area contributed by atoms with Crippen LogP contribution in [-0.4, -0.2) is 32.2 Å². The van der Waals surface area contributed by atoms with Crippen LogP contribution < -0.4 is 14.8 Å². The van der Waals surface area contributed by atoms with Gasteiger partial charge in [-0.3, -0.25) is 9.59 Å². The number of amides is 1. The van der Waals surface area contributed by atoms with Crippen molar-refractivity contribution in [3.8, 4) is 11.5 Å². The average molecular weight is 365 g/mol. The van der Waals surface area contributed by atoms with Crippen LogP contribution in [0.3, 0.4) is 0 Å². The predicted molar refractivity (Wildman–Crippen MR) is 89.1 cm³/mol. The van der Waals surface area contributed by atoms with Gasteiger partial charge in [-0.05, 0) is 24.3 Å². The van der Waals surface area contributed by atoms with Gasteiger partial charge in [-0.1, -0.05) is 12.1 Å². The van der Waals surface area contributed by atoms with E-state index >= 15 is 0 Å². The second-order valence-electron chi connectivity index (χ2n) is 5.09. The molecule has 2 rings (SSSR count). The molecule has 0 unspecified atom stereocenters. The molecule has 0 heterocycles. The van der Waals surface area contributed by atoms with Gasteiger partial charge in [-0.2, -0.15) is 0 Å². The second-order valence-corrected chi connectivity index (χ2v) is 5.09. The van der Waals surface area contributed by atoms with Crippen molar-refractivity contribution in [1.29, 1.82) is 0 Å². The van der Waals surface area contributed by atoms with Crippen molar-refractivity contribution in [2.75, 3.05) is 25.6 Å². The summed E-state index contributed by atoms with van der Waals surface area (Å²) >= 11 is 0. The van der Waals surface area contributed by atoms with Crippen LogP contribution in [-0.2, 0) is 14.3 Å². The highest BCUT2D eigenvalue weighted by atomic mass is 19.2. The summed E-state index contributed by atoms with van der Waals surface area (Å²) < 4.78 is 41.2. The largest absolute Gasteiger partial charge is 0.493 e. The fraction of sp³-hybridized carbons (Fsp3) is 0.222. The molecule has 0 atom stereocenters. The maximum Gasteiger partial charge on any atom is 0.309 e. The van der Waals surface area contributed by atoms with E-state index in [9.17, 15) is 18.4 Å². The standard InChI is InChI=1S/C18H17F2NO5/c1-24-15-4-2-3-5-16(15)25-9-8-18(23)26-11-17(22)21-12-6-7-13(19)14(20)10-12/h2-7,10H,8-9,11H2,1H3,(H,21,22). The first-order valence-corrected chi connectivity index (χ1v) is 7.66. The van der Waals surface area contributed by atoms with Crippen molar-refractivity contribution in [1.82, 2.24) is 0 Å². The summed E-state index contributed by atoms with van der Waals surface area (Å²) in [6, 6.07) is 9.86. The number of rotatable bonds is 8. The third kappa shape index (κ3) is 5.73. The number of carbonyl (C=O) groups excluding carboxylic acids is 2. The highest BCUT2D eigenvalue weighted by Crippen LogP contribution is 2.25. The predicted octanol–water partition coefficient (Wildman–Crippen LogP) is 2.92. The van der Waals surface area contributed by atoms with Gasteiger partial charge < -0.3 is 19.5 Å². The van der Waals surface area contributed by atoms with E-state index < -0.39 is 30.1 Å². The summed E-state index contributed by atoms with van der Waals surface area (Å²) in [6.45, 7) is -0.503. The van der Waals surface area contributed by atoms with E-state index in [1.807, 2.05) is 0 Å². The SMILES string of the molecule is COc1ccccc1OCCC(=O)OCC(=O)Nc1ccc(F)c(F)c1. The number of hydrogen-bond acceptors (Lipinski definition) is 5. The Bertz CT molecular complexity index is 782. The van der Waals surface area contributed by atoms with Crippen LogP contribution in [0.1, 0.15) is 6.42 Å². The Morgan fingerprint density at radius 3 is 2.46 bits per heavy atom. The Labute approximate surface area is 148 Å². The quantitative estimate of drug-likeness (QED) is 0.728. The second kappa shape index (κ2) is 9.36. The maximum atomic E-state index is 13.0. The van der Waals surface area contributed by atoms with Crippen LogP contribution in [0, 0.1) is 11.6 Å². The molecule has 0 spiro atoms. The lowest BCUT2D eigenvalue weighted by molar-refractivity contribution is -0.147. The lowest BCUT2D eigenvalue weighted by Gasteiger charge is -2.10. The number of nitrogens with one attached hydrogen (secondary N) is 1.